The molecule has 0 radical (unpaired) electrons. The number of carbonyl (C=O) groups is 1. The van der Waals surface area contributed by atoms with Crippen molar-refractivity contribution in [3.8, 4) is 0 Å². The van der Waals surface area contributed by atoms with E-state index in [9.17, 15) is 9.90 Å². The summed E-state index contributed by atoms with van der Waals surface area (Å²) in [5.74, 6) is 0.232. The van der Waals surface area contributed by atoms with Crippen LogP contribution in [0.1, 0.15) is 80.1 Å². The zero-order valence-electron chi connectivity index (χ0n) is 20.6. The quantitative estimate of drug-likeness (QED) is 0.679. The highest BCUT2D eigenvalue weighted by molar-refractivity contribution is 6.54. The standard InChI is InChI=1S/C25H39BN2O4/c1-23(2)20-10-9-16(26-31-24(3,4)25(5,6)32-26)12-21(20)28(22(23)30)18-13-17(14-18)27-11-7-8-19(29)15-27/h12,17-19,29H,7-11,13-15H2,1-6H3/t17?,18?,19-/m1/s1. The molecule has 7 heteroatoms. The van der Waals surface area contributed by atoms with Crippen LogP contribution in [0.2, 0.25) is 0 Å². The smallest absolute Gasteiger partial charge is 0.400 e. The number of aliphatic hydroxyl groups is 1. The summed E-state index contributed by atoms with van der Waals surface area (Å²) in [5, 5.41) is 10.1. The van der Waals surface area contributed by atoms with Gasteiger partial charge in [0, 0.05) is 24.3 Å². The molecule has 0 bridgehead atoms. The van der Waals surface area contributed by atoms with Crippen LogP contribution in [-0.2, 0) is 14.1 Å². The molecule has 0 spiro atoms. The first-order valence-corrected chi connectivity index (χ1v) is 12.5. The number of nitrogens with zero attached hydrogens (tertiary/aromatic N) is 2. The van der Waals surface area contributed by atoms with Crippen LogP contribution in [0, 0.1) is 5.41 Å². The fourth-order valence-corrected chi connectivity index (χ4v) is 6.05. The van der Waals surface area contributed by atoms with Crippen molar-refractivity contribution in [2.45, 2.75) is 109 Å². The molecular weight excluding hydrogens is 403 g/mol. The lowest BCUT2D eigenvalue weighted by molar-refractivity contribution is -0.138. The zero-order chi connectivity index (χ0) is 23.1. The molecule has 0 aromatic carbocycles. The van der Waals surface area contributed by atoms with Gasteiger partial charge in [0.25, 0.3) is 0 Å². The van der Waals surface area contributed by atoms with Crippen molar-refractivity contribution >= 4 is 13.0 Å². The van der Waals surface area contributed by atoms with E-state index >= 15 is 0 Å². The maximum atomic E-state index is 13.5. The maximum absolute atomic E-state index is 13.5. The number of allylic oxidation sites excluding steroid dienone is 2. The van der Waals surface area contributed by atoms with Gasteiger partial charge in [-0.1, -0.05) is 0 Å². The number of aliphatic hydroxyl groups excluding tert-OH is 1. The highest BCUT2D eigenvalue weighted by Crippen LogP contribution is 2.50. The summed E-state index contributed by atoms with van der Waals surface area (Å²) in [7, 11) is -0.348. The van der Waals surface area contributed by atoms with Crippen LogP contribution < -0.4 is 0 Å². The van der Waals surface area contributed by atoms with E-state index in [0.29, 0.717) is 6.04 Å². The van der Waals surface area contributed by atoms with Crippen LogP contribution in [0.3, 0.4) is 0 Å². The van der Waals surface area contributed by atoms with Crippen molar-refractivity contribution in [1.82, 2.24) is 9.80 Å². The molecule has 3 aliphatic heterocycles. The second kappa shape index (κ2) is 7.43. The zero-order valence-corrected chi connectivity index (χ0v) is 20.6. The van der Waals surface area contributed by atoms with Gasteiger partial charge in [-0.3, -0.25) is 9.69 Å². The first kappa shape index (κ1) is 22.6. The number of rotatable bonds is 3. The number of amides is 1. The minimum Gasteiger partial charge on any atom is -0.400 e. The van der Waals surface area contributed by atoms with E-state index in [-0.39, 0.29) is 36.4 Å². The van der Waals surface area contributed by atoms with Crippen LogP contribution >= 0.6 is 0 Å². The molecule has 2 saturated heterocycles. The third-order valence-electron chi connectivity index (χ3n) is 9.02. The van der Waals surface area contributed by atoms with Crippen LogP contribution in [0.15, 0.2) is 22.8 Å². The summed E-state index contributed by atoms with van der Waals surface area (Å²) < 4.78 is 12.7. The first-order chi connectivity index (χ1) is 14.9. The summed E-state index contributed by atoms with van der Waals surface area (Å²) in [4.78, 5) is 18.1. The molecule has 6 nitrogen and oxygen atoms in total. The van der Waals surface area contributed by atoms with Gasteiger partial charge in [0.2, 0.25) is 5.91 Å². The largest absolute Gasteiger partial charge is 0.490 e. The molecule has 1 N–H and O–H groups in total. The molecule has 3 heterocycles. The molecule has 1 amide bonds. The summed E-state index contributed by atoms with van der Waals surface area (Å²) in [6, 6.07) is 0.720. The summed E-state index contributed by atoms with van der Waals surface area (Å²) in [6.07, 6.45) is 7.71. The van der Waals surface area contributed by atoms with Crippen LogP contribution in [-0.4, -0.2) is 70.4 Å². The number of β-amino-alcohol motifs (C(OH)–C–C–N with tert-alkyl or cyclic N) is 1. The van der Waals surface area contributed by atoms with Gasteiger partial charge in [0.15, 0.2) is 0 Å². The molecule has 5 rings (SSSR count). The Labute approximate surface area is 193 Å². The fourth-order valence-electron chi connectivity index (χ4n) is 6.05. The average Bonchev–Trinajstić information content (AvgIpc) is 3.01. The predicted molar refractivity (Wildman–Crippen MR) is 125 cm³/mol. The van der Waals surface area contributed by atoms with Crippen LogP contribution in [0.5, 0.6) is 0 Å². The van der Waals surface area contributed by atoms with E-state index in [4.69, 9.17) is 9.31 Å². The van der Waals surface area contributed by atoms with Gasteiger partial charge >= 0.3 is 7.12 Å². The normalized spacial score (nSPS) is 36.3. The number of hydrogen-bond donors (Lipinski definition) is 1. The van der Waals surface area contributed by atoms with E-state index in [1.165, 1.54) is 5.57 Å². The van der Waals surface area contributed by atoms with Gasteiger partial charge in [-0.05, 0) is 104 Å². The van der Waals surface area contributed by atoms with Crippen molar-refractivity contribution in [2.24, 2.45) is 5.41 Å². The number of carbonyl (C=O) groups excluding carboxylic acids is 1. The fraction of sp³-hybridized carbons (Fsp3) is 0.800. The van der Waals surface area contributed by atoms with Gasteiger partial charge < -0.3 is 19.3 Å². The lowest BCUT2D eigenvalue weighted by Crippen LogP contribution is -2.57. The van der Waals surface area contributed by atoms with Crippen molar-refractivity contribution < 1.29 is 19.2 Å². The Morgan fingerprint density at radius 2 is 1.69 bits per heavy atom. The lowest BCUT2D eigenvalue weighted by Gasteiger charge is -2.49. The van der Waals surface area contributed by atoms with Crippen molar-refractivity contribution in [3.05, 3.63) is 22.8 Å². The molecule has 2 aliphatic carbocycles. The van der Waals surface area contributed by atoms with Crippen LogP contribution in [0.25, 0.3) is 0 Å². The van der Waals surface area contributed by atoms with E-state index in [0.717, 1.165) is 62.8 Å². The highest BCUT2D eigenvalue weighted by atomic mass is 16.7. The van der Waals surface area contributed by atoms with E-state index in [2.05, 4.69) is 57.4 Å². The number of piperidine rings is 1. The molecule has 5 aliphatic rings. The minimum absolute atomic E-state index is 0.201. The average molecular weight is 442 g/mol. The Bertz CT molecular complexity index is 855. The molecular formula is C25H39BN2O4. The van der Waals surface area contributed by atoms with E-state index in [1.807, 2.05) is 0 Å². The topological polar surface area (TPSA) is 62.2 Å². The SMILES string of the molecule is CC1(C)C(=O)N(C2CC(N3CCC[C@@H](O)C3)C2)C2=C1CCC(B1OC(C)(C)C(C)(C)O1)=C2. The molecule has 3 fully saturated rings. The van der Waals surface area contributed by atoms with Crippen molar-refractivity contribution in [2.75, 3.05) is 13.1 Å². The minimum atomic E-state index is -0.445. The molecule has 32 heavy (non-hydrogen) atoms. The second-order valence-corrected chi connectivity index (χ2v) is 12.0. The Morgan fingerprint density at radius 1 is 1.03 bits per heavy atom. The number of hydrogen-bond acceptors (Lipinski definition) is 5. The van der Waals surface area contributed by atoms with Gasteiger partial charge in [-0.15, -0.1) is 0 Å². The monoisotopic (exact) mass is 442 g/mol. The highest BCUT2D eigenvalue weighted by Gasteiger charge is 2.55. The van der Waals surface area contributed by atoms with Crippen molar-refractivity contribution in [1.29, 1.82) is 0 Å². The van der Waals surface area contributed by atoms with Gasteiger partial charge in [-0.2, -0.15) is 0 Å². The maximum Gasteiger partial charge on any atom is 0.490 e. The van der Waals surface area contributed by atoms with E-state index < -0.39 is 5.41 Å². The first-order valence-electron chi connectivity index (χ1n) is 12.5. The van der Waals surface area contributed by atoms with Gasteiger partial charge in [0.05, 0.1) is 22.7 Å². The molecule has 0 aromatic heterocycles. The molecule has 1 atom stereocenters. The van der Waals surface area contributed by atoms with Crippen LogP contribution in [0.4, 0.5) is 0 Å². The second-order valence-electron chi connectivity index (χ2n) is 12.0. The molecule has 176 valence electrons. The summed E-state index contributed by atoms with van der Waals surface area (Å²) >= 11 is 0. The van der Waals surface area contributed by atoms with Gasteiger partial charge in [0.1, 0.15) is 0 Å². The summed E-state index contributed by atoms with van der Waals surface area (Å²) in [6.45, 7) is 14.3. The Morgan fingerprint density at radius 3 is 2.31 bits per heavy atom. The Balaban J connectivity index is 1.36. The molecule has 1 saturated carbocycles. The van der Waals surface area contributed by atoms with E-state index in [1.54, 1.807) is 0 Å². The predicted octanol–water partition coefficient (Wildman–Crippen LogP) is 3.45. The summed E-state index contributed by atoms with van der Waals surface area (Å²) in [5.41, 5.74) is 2.33. The lowest BCUT2D eigenvalue weighted by atomic mass is 9.70. The number of likely N-dealkylation sites (tertiary alicyclic amines) is 1. The van der Waals surface area contributed by atoms with Gasteiger partial charge in [-0.25, -0.2) is 0 Å². The third-order valence-corrected chi connectivity index (χ3v) is 9.02. The third kappa shape index (κ3) is 3.42. The Hall–Kier alpha value is -1.15. The van der Waals surface area contributed by atoms with Crippen molar-refractivity contribution in [3.63, 3.8) is 0 Å². The Kier molecular flexibility index (Phi) is 5.25. The molecule has 0 aromatic rings. The molecule has 0 unspecified atom stereocenters.